The second-order valence-corrected chi connectivity index (χ2v) is 7.35. The van der Waals surface area contributed by atoms with E-state index in [4.69, 9.17) is 0 Å². The fraction of sp³-hybridized carbons (Fsp3) is 0.524. The number of hydrogen-bond acceptors (Lipinski definition) is 4. The highest BCUT2D eigenvalue weighted by Crippen LogP contribution is 2.17. The van der Waals surface area contributed by atoms with Crippen LogP contribution in [0, 0.1) is 0 Å². The highest BCUT2D eigenvalue weighted by atomic mass is 16.2. The van der Waals surface area contributed by atoms with Gasteiger partial charge in [-0.05, 0) is 44.1 Å². The highest BCUT2D eigenvalue weighted by Gasteiger charge is 2.20. The Morgan fingerprint density at radius 1 is 1.15 bits per heavy atom. The predicted octanol–water partition coefficient (Wildman–Crippen LogP) is 2.37. The average molecular weight is 370 g/mol. The van der Waals surface area contributed by atoms with Crippen molar-refractivity contribution in [2.45, 2.75) is 44.8 Å². The quantitative estimate of drug-likeness (QED) is 0.787. The molecule has 6 nitrogen and oxygen atoms in total. The Morgan fingerprint density at radius 3 is 2.48 bits per heavy atom. The molecule has 0 spiro atoms. The first-order valence-corrected chi connectivity index (χ1v) is 9.90. The first kappa shape index (κ1) is 19.6. The molecule has 3 rings (SSSR count). The maximum absolute atomic E-state index is 12.7. The number of aryl methyl sites for hydroxylation is 1. The topological polar surface area (TPSA) is 62.2 Å². The molecule has 0 aliphatic carbocycles. The van der Waals surface area contributed by atoms with Gasteiger partial charge in [0.25, 0.3) is 0 Å². The first-order valence-electron chi connectivity index (χ1n) is 9.90. The fourth-order valence-electron chi connectivity index (χ4n) is 3.74. The first-order chi connectivity index (χ1) is 13.2. The largest absolute Gasteiger partial charge is 0.350 e. The van der Waals surface area contributed by atoms with Crippen LogP contribution in [0.5, 0.6) is 0 Å². The van der Waals surface area contributed by atoms with Crippen LogP contribution in [-0.2, 0) is 24.9 Å². The van der Waals surface area contributed by atoms with E-state index in [0.717, 1.165) is 12.1 Å². The molecule has 146 valence electrons. The van der Waals surface area contributed by atoms with Crippen LogP contribution in [0.1, 0.15) is 48.4 Å². The van der Waals surface area contributed by atoms with Crippen LogP contribution in [0.2, 0.25) is 0 Å². The lowest BCUT2D eigenvalue weighted by Gasteiger charge is -2.22. The Bertz CT molecular complexity index is 734. The maximum Gasteiger partial charge on any atom is 0.242 e. The van der Waals surface area contributed by atoms with Gasteiger partial charge in [-0.25, -0.2) is 0 Å². The van der Waals surface area contributed by atoms with Gasteiger partial charge in [0.15, 0.2) is 0 Å². The maximum atomic E-state index is 12.7. The van der Waals surface area contributed by atoms with Crippen molar-refractivity contribution in [1.29, 1.82) is 0 Å². The number of carbonyl (C=O) groups excluding carboxylic acids is 1. The summed E-state index contributed by atoms with van der Waals surface area (Å²) >= 11 is 0. The van der Waals surface area contributed by atoms with Gasteiger partial charge in [-0.3, -0.25) is 14.4 Å². The minimum absolute atomic E-state index is 0.0323. The monoisotopic (exact) mass is 369 g/mol. The summed E-state index contributed by atoms with van der Waals surface area (Å²) < 4.78 is 1.71. The normalized spacial score (nSPS) is 16.7. The van der Waals surface area contributed by atoms with Crippen molar-refractivity contribution in [1.82, 2.24) is 25.3 Å². The lowest BCUT2D eigenvalue weighted by atomic mass is 10.1. The molecule has 1 unspecified atom stereocenters. The molecule has 0 radical (unpaired) electrons. The van der Waals surface area contributed by atoms with Gasteiger partial charge in [0, 0.05) is 31.9 Å². The van der Waals surface area contributed by atoms with Crippen molar-refractivity contribution in [2.75, 3.05) is 20.1 Å². The molecule has 0 saturated carbocycles. The van der Waals surface area contributed by atoms with Crippen LogP contribution in [0.15, 0.2) is 36.7 Å². The van der Waals surface area contributed by atoms with Gasteiger partial charge < -0.3 is 10.6 Å². The number of likely N-dealkylation sites (tertiary alicyclic amines) is 1. The van der Waals surface area contributed by atoms with Crippen LogP contribution in [0.3, 0.4) is 0 Å². The minimum Gasteiger partial charge on any atom is -0.350 e. The van der Waals surface area contributed by atoms with Gasteiger partial charge in [0.1, 0.15) is 6.04 Å². The third-order valence-electron chi connectivity index (χ3n) is 5.27. The number of carbonyl (C=O) groups is 1. The van der Waals surface area contributed by atoms with Crippen molar-refractivity contribution < 1.29 is 4.79 Å². The molecule has 2 aromatic rings. The molecule has 1 aliphatic heterocycles. The van der Waals surface area contributed by atoms with E-state index in [1.54, 1.807) is 17.9 Å². The second kappa shape index (κ2) is 9.67. The van der Waals surface area contributed by atoms with Crippen LogP contribution in [0.4, 0.5) is 0 Å². The van der Waals surface area contributed by atoms with Crippen LogP contribution in [0.25, 0.3) is 0 Å². The average Bonchev–Trinajstić information content (AvgIpc) is 2.93. The van der Waals surface area contributed by atoms with Crippen LogP contribution >= 0.6 is 0 Å². The molecule has 2 heterocycles. The summed E-state index contributed by atoms with van der Waals surface area (Å²) in [5.41, 5.74) is 3.37. The van der Waals surface area contributed by atoms with E-state index in [9.17, 15) is 4.79 Å². The number of nitrogens with one attached hydrogen (secondary N) is 2. The summed E-state index contributed by atoms with van der Waals surface area (Å²) in [7, 11) is 3.65. The Balaban J connectivity index is 1.62. The highest BCUT2D eigenvalue weighted by molar-refractivity contribution is 5.83. The van der Waals surface area contributed by atoms with Crippen molar-refractivity contribution in [2.24, 2.45) is 7.05 Å². The van der Waals surface area contributed by atoms with Gasteiger partial charge in [0.2, 0.25) is 5.91 Å². The summed E-state index contributed by atoms with van der Waals surface area (Å²) in [4.78, 5) is 15.2. The van der Waals surface area contributed by atoms with Gasteiger partial charge in [-0.15, -0.1) is 0 Å². The zero-order chi connectivity index (χ0) is 19.1. The molecule has 27 heavy (non-hydrogen) atoms. The molecule has 1 aromatic carbocycles. The summed E-state index contributed by atoms with van der Waals surface area (Å²) in [6.45, 7) is 3.85. The molecule has 6 heteroatoms. The Kier molecular flexibility index (Phi) is 7.01. The Hall–Kier alpha value is -2.18. The third kappa shape index (κ3) is 5.40. The number of amides is 1. The number of rotatable bonds is 7. The van der Waals surface area contributed by atoms with Gasteiger partial charge in [-0.2, -0.15) is 5.10 Å². The van der Waals surface area contributed by atoms with Crippen molar-refractivity contribution in [3.05, 3.63) is 53.3 Å². The molecular weight excluding hydrogens is 338 g/mol. The van der Waals surface area contributed by atoms with Gasteiger partial charge in [0.05, 0.1) is 6.20 Å². The number of nitrogens with zero attached hydrogens (tertiary/aromatic N) is 3. The molecule has 1 aliphatic rings. The molecular formula is C21H31N5O. The zero-order valence-electron chi connectivity index (χ0n) is 16.4. The molecule has 1 fully saturated rings. The van der Waals surface area contributed by atoms with E-state index >= 15 is 0 Å². The standard InChI is InChI=1S/C21H31N5O/c1-22-20(19-14-24-25(2)15-19)21(27)23-13-17-9-5-6-10-18(17)16-26-11-7-3-4-8-12-26/h5-6,9-10,14-15,20,22H,3-4,7-8,11-13,16H2,1-2H3,(H,23,27). The number of likely N-dealkylation sites (N-methyl/N-ethyl adjacent to an activating group) is 1. The Labute approximate surface area is 161 Å². The van der Waals surface area contributed by atoms with Crippen LogP contribution in [-0.4, -0.2) is 40.7 Å². The molecule has 2 N–H and O–H groups in total. The number of aromatic nitrogens is 2. The van der Waals surface area contributed by atoms with Crippen molar-refractivity contribution in [3.63, 3.8) is 0 Å². The summed E-state index contributed by atoms with van der Waals surface area (Å²) in [6.07, 6.45) is 8.85. The lowest BCUT2D eigenvalue weighted by molar-refractivity contribution is -0.123. The lowest BCUT2D eigenvalue weighted by Crippen LogP contribution is -2.35. The van der Waals surface area contributed by atoms with Gasteiger partial charge in [-0.1, -0.05) is 37.1 Å². The van der Waals surface area contributed by atoms with E-state index in [1.807, 2.05) is 19.3 Å². The van der Waals surface area contributed by atoms with Crippen molar-refractivity contribution in [3.8, 4) is 0 Å². The SMILES string of the molecule is CNC(C(=O)NCc1ccccc1CN1CCCCCC1)c1cnn(C)c1. The summed E-state index contributed by atoms with van der Waals surface area (Å²) in [5.74, 6) is -0.0323. The number of benzene rings is 1. The van der Waals surface area contributed by atoms with E-state index in [0.29, 0.717) is 6.54 Å². The molecule has 0 bridgehead atoms. The summed E-state index contributed by atoms with van der Waals surface area (Å²) in [6, 6.07) is 8.04. The smallest absolute Gasteiger partial charge is 0.242 e. The zero-order valence-corrected chi connectivity index (χ0v) is 16.4. The van der Waals surface area contributed by atoms with Gasteiger partial charge >= 0.3 is 0 Å². The van der Waals surface area contributed by atoms with Crippen molar-refractivity contribution >= 4 is 5.91 Å². The minimum atomic E-state index is -0.392. The molecule has 1 amide bonds. The van der Waals surface area contributed by atoms with Crippen LogP contribution < -0.4 is 10.6 Å². The molecule has 1 aromatic heterocycles. The van der Waals surface area contributed by atoms with E-state index < -0.39 is 6.04 Å². The molecule has 1 saturated heterocycles. The predicted molar refractivity (Wildman–Crippen MR) is 107 cm³/mol. The van der Waals surface area contributed by atoms with E-state index in [1.165, 1.54) is 49.9 Å². The van der Waals surface area contributed by atoms with E-state index in [2.05, 4.69) is 38.8 Å². The molecule has 1 atom stereocenters. The van der Waals surface area contributed by atoms with E-state index in [-0.39, 0.29) is 5.91 Å². The summed E-state index contributed by atoms with van der Waals surface area (Å²) in [5, 5.41) is 10.3. The fourth-order valence-corrected chi connectivity index (χ4v) is 3.74. The third-order valence-corrected chi connectivity index (χ3v) is 5.27. The Morgan fingerprint density at radius 2 is 1.85 bits per heavy atom. The second-order valence-electron chi connectivity index (χ2n) is 7.35. The number of hydrogen-bond donors (Lipinski definition) is 2.